The van der Waals surface area contributed by atoms with Crippen molar-refractivity contribution >= 4 is 22.4 Å². The highest BCUT2D eigenvalue weighted by molar-refractivity contribution is 6.05. The summed E-state index contributed by atoms with van der Waals surface area (Å²) in [6, 6.07) is 15.3. The molecular formula is C22H22N4O2. The van der Waals surface area contributed by atoms with E-state index < -0.39 is 5.91 Å². The molecule has 1 N–H and O–H groups in total. The molecule has 2 aromatic carbocycles. The van der Waals surface area contributed by atoms with E-state index in [1.54, 1.807) is 24.3 Å². The van der Waals surface area contributed by atoms with Crippen molar-refractivity contribution in [2.45, 2.75) is 39.2 Å². The van der Waals surface area contributed by atoms with Gasteiger partial charge in [0.25, 0.3) is 11.5 Å². The number of rotatable bonds is 5. The number of hydrogen-bond acceptors (Lipinski definition) is 4. The van der Waals surface area contributed by atoms with Gasteiger partial charge in [-0.25, -0.2) is 10.1 Å². The summed E-state index contributed by atoms with van der Waals surface area (Å²) in [7, 11) is 0. The topological polar surface area (TPSA) is 76.3 Å². The normalized spacial score (nSPS) is 12.8. The van der Waals surface area contributed by atoms with E-state index in [2.05, 4.69) is 34.7 Å². The Labute approximate surface area is 162 Å². The van der Waals surface area contributed by atoms with Crippen molar-refractivity contribution in [2.75, 3.05) is 0 Å². The van der Waals surface area contributed by atoms with Gasteiger partial charge in [0.05, 0.1) is 5.39 Å². The molecule has 1 aliphatic carbocycles. The number of fused-ring (bicyclic) bond motifs is 2. The van der Waals surface area contributed by atoms with Gasteiger partial charge in [0, 0.05) is 30.5 Å². The third-order valence-corrected chi connectivity index (χ3v) is 5.03. The lowest BCUT2D eigenvalue weighted by Gasteiger charge is -2.10. The highest BCUT2D eigenvalue weighted by Gasteiger charge is 2.19. The molecule has 0 saturated heterocycles. The van der Waals surface area contributed by atoms with Crippen LogP contribution >= 0.6 is 0 Å². The molecule has 0 radical (unpaired) electrons. The second-order valence-corrected chi connectivity index (χ2v) is 7.02. The Kier molecular flexibility index (Phi) is 5.02. The maximum atomic E-state index is 12.8. The molecule has 1 aromatic heterocycles. The van der Waals surface area contributed by atoms with Crippen LogP contribution in [0.5, 0.6) is 0 Å². The largest absolute Gasteiger partial charge is 0.292 e. The number of carbonyl (C=O) groups is 1. The smallest absolute Gasteiger partial charge is 0.267 e. The summed E-state index contributed by atoms with van der Waals surface area (Å²) in [6.45, 7) is 2.54. The summed E-state index contributed by atoms with van der Waals surface area (Å²) in [5, 5.41) is 9.72. The monoisotopic (exact) mass is 374 g/mol. The zero-order valence-electron chi connectivity index (χ0n) is 15.8. The Balaban J connectivity index is 1.63. The van der Waals surface area contributed by atoms with E-state index >= 15 is 0 Å². The number of amides is 1. The number of nitrogens with one attached hydrogen (secondary N) is 1. The van der Waals surface area contributed by atoms with Gasteiger partial charge in [0.15, 0.2) is 5.69 Å². The van der Waals surface area contributed by atoms with Crippen molar-refractivity contribution < 1.29 is 4.79 Å². The second kappa shape index (κ2) is 7.76. The molecular weight excluding hydrogens is 352 g/mol. The van der Waals surface area contributed by atoms with Gasteiger partial charge in [0.2, 0.25) is 0 Å². The minimum Gasteiger partial charge on any atom is -0.267 e. The van der Waals surface area contributed by atoms with Gasteiger partial charge in [-0.1, -0.05) is 55.8 Å². The molecule has 1 aliphatic rings. The quantitative estimate of drug-likeness (QED) is 0.697. The number of unbranched alkanes of at least 4 members (excludes halogenated alkanes) is 1. The van der Waals surface area contributed by atoms with Gasteiger partial charge in [-0.2, -0.15) is 10.2 Å². The molecule has 3 aromatic rings. The van der Waals surface area contributed by atoms with E-state index in [1.165, 1.54) is 15.8 Å². The summed E-state index contributed by atoms with van der Waals surface area (Å²) < 4.78 is 1.39. The summed E-state index contributed by atoms with van der Waals surface area (Å²) in [6.07, 6.45) is 3.24. The zero-order valence-corrected chi connectivity index (χ0v) is 15.8. The Bertz CT molecular complexity index is 1100. The van der Waals surface area contributed by atoms with Crippen LogP contribution in [0.25, 0.3) is 10.8 Å². The highest BCUT2D eigenvalue weighted by Crippen LogP contribution is 2.19. The van der Waals surface area contributed by atoms with Crippen LogP contribution < -0.4 is 11.0 Å². The SMILES string of the molecule is CCCCn1nc(C(=O)NN=C2Cc3ccccc3C2)c2ccccc2c1=O. The predicted octanol–water partition coefficient (Wildman–Crippen LogP) is 3.08. The highest BCUT2D eigenvalue weighted by atomic mass is 16.2. The van der Waals surface area contributed by atoms with Crippen LogP contribution in [0.4, 0.5) is 0 Å². The first kappa shape index (κ1) is 18.1. The fourth-order valence-electron chi connectivity index (χ4n) is 3.53. The van der Waals surface area contributed by atoms with Crippen LogP contribution in [0, 0.1) is 0 Å². The standard InChI is InChI=1S/C22H22N4O2/c1-2-3-12-26-22(28)19-11-7-6-10-18(19)20(25-26)21(27)24-23-17-13-15-8-4-5-9-16(15)14-17/h4-11H,2-3,12-14H2,1H3,(H,24,27). The number of benzene rings is 2. The molecule has 28 heavy (non-hydrogen) atoms. The summed E-state index contributed by atoms with van der Waals surface area (Å²) in [5.74, 6) is -0.398. The van der Waals surface area contributed by atoms with Crippen molar-refractivity contribution in [1.29, 1.82) is 0 Å². The Hall–Kier alpha value is -3.28. The van der Waals surface area contributed by atoms with Crippen molar-refractivity contribution in [3.8, 4) is 0 Å². The fraction of sp³-hybridized carbons (Fsp3) is 0.273. The lowest BCUT2D eigenvalue weighted by Crippen LogP contribution is -2.29. The van der Waals surface area contributed by atoms with Gasteiger partial charge in [0.1, 0.15) is 0 Å². The van der Waals surface area contributed by atoms with Crippen LogP contribution in [0.15, 0.2) is 58.4 Å². The number of aromatic nitrogens is 2. The van der Waals surface area contributed by atoms with E-state index in [9.17, 15) is 9.59 Å². The summed E-state index contributed by atoms with van der Waals surface area (Å²) >= 11 is 0. The van der Waals surface area contributed by atoms with Gasteiger partial charge in [-0.3, -0.25) is 9.59 Å². The first-order valence-corrected chi connectivity index (χ1v) is 9.59. The number of hydrogen-bond donors (Lipinski definition) is 1. The van der Waals surface area contributed by atoms with E-state index in [-0.39, 0.29) is 11.3 Å². The van der Waals surface area contributed by atoms with Crippen LogP contribution in [0.3, 0.4) is 0 Å². The zero-order chi connectivity index (χ0) is 19.5. The van der Waals surface area contributed by atoms with Crippen molar-refractivity contribution in [2.24, 2.45) is 5.10 Å². The maximum Gasteiger partial charge on any atom is 0.292 e. The van der Waals surface area contributed by atoms with E-state index in [1.807, 2.05) is 12.1 Å². The molecule has 1 heterocycles. The Morgan fingerprint density at radius 3 is 2.39 bits per heavy atom. The molecule has 0 fully saturated rings. The van der Waals surface area contributed by atoms with Gasteiger partial charge < -0.3 is 0 Å². The molecule has 6 heteroatoms. The Morgan fingerprint density at radius 2 is 1.71 bits per heavy atom. The molecule has 6 nitrogen and oxygen atoms in total. The van der Waals surface area contributed by atoms with Crippen molar-refractivity contribution in [3.63, 3.8) is 0 Å². The third kappa shape index (κ3) is 3.45. The minimum absolute atomic E-state index is 0.168. The van der Waals surface area contributed by atoms with Gasteiger partial charge in [-0.05, 0) is 23.6 Å². The van der Waals surface area contributed by atoms with Crippen LogP contribution in [0.2, 0.25) is 0 Å². The van der Waals surface area contributed by atoms with E-state index in [0.717, 1.165) is 31.4 Å². The van der Waals surface area contributed by atoms with Crippen LogP contribution in [-0.2, 0) is 19.4 Å². The molecule has 0 unspecified atom stereocenters. The number of hydrazone groups is 1. The fourth-order valence-corrected chi connectivity index (χ4v) is 3.53. The average molecular weight is 374 g/mol. The number of nitrogens with zero attached hydrogens (tertiary/aromatic N) is 3. The molecule has 1 amide bonds. The first-order valence-electron chi connectivity index (χ1n) is 9.59. The molecule has 0 saturated carbocycles. The summed E-state index contributed by atoms with van der Waals surface area (Å²) in [4.78, 5) is 25.5. The lowest BCUT2D eigenvalue weighted by atomic mass is 10.1. The molecule has 0 spiro atoms. The third-order valence-electron chi connectivity index (χ3n) is 5.03. The average Bonchev–Trinajstić information content (AvgIpc) is 3.15. The lowest BCUT2D eigenvalue weighted by molar-refractivity contribution is 0.0949. The molecule has 0 aliphatic heterocycles. The van der Waals surface area contributed by atoms with Crippen LogP contribution in [-0.4, -0.2) is 21.4 Å². The molecule has 142 valence electrons. The van der Waals surface area contributed by atoms with Crippen molar-refractivity contribution in [1.82, 2.24) is 15.2 Å². The second-order valence-electron chi connectivity index (χ2n) is 7.02. The molecule has 0 bridgehead atoms. The van der Waals surface area contributed by atoms with E-state index in [0.29, 0.717) is 17.3 Å². The number of carbonyl (C=O) groups excluding carboxylic acids is 1. The van der Waals surface area contributed by atoms with E-state index in [4.69, 9.17) is 0 Å². The molecule has 4 rings (SSSR count). The molecule has 0 atom stereocenters. The maximum absolute atomic E-state index is 12.8. The van der Waals surface area contributed by atoms with Crippen LogP contribution in [0.1, 0.15) is 41.4 Å². The predicted molar refractivity (Wildman–Crippen MR) is 110 cm³/mol. The summed E-state index contributed by atoms with van der Waals surface area (Å²) in [5.41, 5.74) is 6.10. The Morgan fingerprint density at radius 1 is 1.07 bits per heavy atom. The first-order chi connectivity index (χ1) is 13.7. The van der Waals surface area contributed by atoms with Crippen molar-refractivity contribution in [3.05, 3.63) is 75.7 Å². The number of aryl methyl sites for hydroxylation is 1. The van der Waals surface area contributed by atoms with Gasteiger partial charge >= 0.3 is 0 Å². The van der Waals surface area contributed by atoms with Gasteiger partial charge in [-0.15, -0.1) is 0 Å². The minimum atomic E-state index is -0.398.